The van der Waals surface area contributed by atoms with Crippen LogP contribution in [-0.4, -0.2) is 60.0 Å². The van der Waals surface area contributed by atoms with Crippen molar-refractivity contribution in [1.29, 1.82) is 0 Å². The highest BCUT2D eigenvalue weighted by atomic mass is 16.5. The van der Waals surface area contributed by atoms with Crippen LogP contribution in [0.1, 0.15) is 25.7 Å². The second-order valence-corrected chi connectivity index (χ2v) is 4.15. The fourth-order valence-electron chi connectivity index (χ4n) is 1.92. The number of carboxylic acid groups (broad SMARTS) is 1. The van der Waals surface area contributed by atoms with Gasteiger partial charge in [0.1, 0.15) is 0 Å². The highest BCUT2D eigenvalue weighted by Gasteiger charge is 2.21. The predicted molar refractivity (Wildman–Crippen MR) is 59.4 cm³/mol. The molecule has 2 N–H and O–H groups in total. The maximum absolute atomic E-state index is 10.3. The van der Waals surface area contributed by atoms with Crippen LogP contribution >= 0.6 is 0 Å². The van der Waals surface area contributed by atoms with Crippen LogP contribution in [0.2, 0.25) is 0 Å². The minimum absolute atomic E-state index is 0.119. The van der Waals surface area contributed by atoms with E-state index in [0.717, 1.165) is 39.0 Å². The fraction of sp³-hybridized carbons (Fsp3) is 0.909. The Labute approximate surface area is 96.0 Å². The van der Waals surface area contributed by atoms with Gasteiger partial charge < -0.3 is 14.9 Å². The average molecular weight is 231 g/mol. The van der Waals surface area contributed by atoms with Gasteiger partial charge in [-0.2, -0.15) is 0 Å². The van der Waals surface area contributed by atoms with E-state index in [1.165, 1.54) is 0 Å². The van der Waals surface area contributed by atoms with Gasteiger partial charge in [-0.1, -0.05) is 6.42 Å². The molecule has 1 unspecified atom stereocenters. The molecule has 1 aliphatic rings. The zero-order chi connectivity index (χ0) is 11.8. The number of unbranched alkanes of at least 4 members (excludes halogenated alkanes) is 2. The van der Waals surface area contributed by atoms with Crippen molar-refractivity contribution in [3.8, 4) is 0 Å². The monoisotopic (exact) mass is 231 g/mol. The Balaban J connectivity index is 2.08. The molecular formula is C11H21NO4. The number of aliphatic hydroxyl groups excluding tert-OH is 1. The molecule has 5 nitrogen and oxygen atoms in total. The highest BCUT2D eigenvalue weighted by Crippen LogP contribution is 2.09. The van der Waals surface area contributed by atoms with Gasteiger partial charge in [0.2, 0.25) is 0 Å². The van der Waals surface area contributed by atoms with Crippen LogP contribution in [0.3, 0.4) is 0 Å². The standard InChI is InChI=1S/C11H21NO4/c13-8-10-9-16-7-6-12(10)5-3-1-2-4-11(14)15/h10,13H,1-9H2,(H,14,15). The smallest absolute Gasteiger partial charge is 0.303 e. The maximum Gasteiger partial charge on any atom is 0.303 e. The van der Waals surface area contributed by atoms with E-state index in [-0.39, 0.29) is 19.1 Å². The molecule has 0 aromatic rings. The lowest BCUT2D eigenvalue weighted by Crippen LogP contribution is -2.47. The number of hydrogen-bond donors (Lipinski definition) is 2. The number of ether oxygens (including phenoxy) is 1. The number of nitrogens with zero attached hydrogens (tertiary/aromatic N) is 1. The molecule has 0 bridgehead atoms. The molecule has 5 heteroatoms. The van der Waals surface area contributed by atoms with Gasteiger partial charge in [-0.15, -0.1) is 0 Å². The van der Waals surface area contributed by atoms with Crippen molar-refractivity contribution >= 4 is 5.97 Å². The van der Waals surface area contributed by atoms with Crippen LogP contribution in [0.4, 0.5) is 0 Å². The van der Waals surface area contributed by atoms with E-state index in [2.05, 4.69) is 4.90 Å². The molecule has 1 saturated heterocycles. The summed E-state index contributed by atoms with van der Waals surface area (Å²) in [4.78, 5) is 12.5. The molecular weight excluding hydrogens is 210 g/mol. The molecule has 0 aromatic heterocycles. The van der Waals surface area contributed by atoms with Crippen molar-refractivity contribution in [3.05, 3.63) is 0 Å². The molecule has 1 rings (SSSR count). The van der Waals surface area contributed by atoms with Crippen molar-refractivity contribution in [3.63, 3.8) is 0 Å². The second-order valence-electron chi connectivity index (χ2n) is 4.15. The molecule has 1 heterocycles. The van der Waals surface area contributed by atoms with E-state index in [4.69, 9.17) is 14.9 Å². The lowest BCUT2D eigenvalue weighted by molar-refractivity contribution is -0.137. The minimum Gasteiger partial charge on any atom is -0.481 e. The Morgan fingerprint density at radius 3 is 2.88 bits per heavy atom. The van der Waals surface area contributed by atoms with Crippen molar-refractivity contribution in [1.82, 2.24) is 4.90 Å². The summed E-state index contributed by atoms with van der Waals surface area (Å²) >= 11 is 0. The molecule has 1 atom stereocenters. The Bertz CT molecular complexity index is 210. The maximum atomic E-state index is 10.3. The number of carbonyl (C=O) groups is 1. The van der Waals surface area contributed by atoms with Crippen LogP contribution in [0.15, 0.2) is 0 Å². The van der Waals surface area contributed by atoms with E-state index < -0.39 is 5.97 Å². The van der Waals surface area contributed by atoms with E-state index in [0.29, 0.717) is 6.61 Å². The summed E-state index contributed by atoms with van der Waals surface area (Å²) in [6, 6.07) is 0.119. The fourth-order valence-corrected chi connectivity index (χ4v) is 1.92. The van der Waals surface area contributed by atoms with E-state index in [1.807, 2.05) is 0 Å². The number of hydrogen-bond acceptors (Lipinski definition) is 4. The normalized spacial score (nSPS) is 22.2. The molecule has 16 heavy (non-hydrogen) atoms. The van der Waals surface area contributed by atoms with Gasteiger partial charge in [0.05, 0.1) is 25.9 Å². The van der Waals surface area contributed by atoms with Crippen molar-refractivity contribution in [2.45, 2.75) is 31.7 Å². The van der Waals surface area contributed by atoms with Gasteiger partial charge in [-0.05, 0) is 19.4 Å². The second kappa shape index (κ2) is 7.60. The van der Waals surface area contributed by atoms with Crippen LogP contribution in [0, 0.1) is 0 Å². The van der Waals surface area contributed by atoms with Gasteiger partial charge in [0, 0.05) is 13.0 Å². The van der Waals surface area contributed by atoms with Crippen LogP contribution < -0.4 is 0 Å². The van der Waals surface area contributed by atoms with Gasteiger partial charge >= 0.3 is 5.97 Å². The summed E-state index contributed by atoms with van der Waals surface area (Å²) in [7, 11) is 0. The van der Waals surface area contributed by atoms with Crippen LogP contribution in [0.25, 0.3) is 0 Å². The Morgan fingerprint density at radius 1 is 1.38 bits per heavy atom. The molecule has 0 aromatic carbocycles. The lowest BCUT2D eigenvalue weighted by atomic mass is 10.1. The Hall–Kier alpha value is -0.650. The summed E-state index contributed by atoms with van der Waals surface area (Å²) in [5, 5.41) is 17.6. The summed E-state index contributed by atoms with van der Waals surface area (Å²) in [5.74, 6) is -0.723. The number of aliphatic carboxylic acids is 1. The number of aliphatic hydroxyl groups is 1. The molecule has 0 saturated carbocycles. The Morgan fingerprint density at radius 2 is 2.19 bits per heavy atom. The van der Waals surface area contributed by atoms with Gasteiger partial charge in [-0.25, -0.2) is 0 Å². The first kappa shape index (κ1) is 13.4. The van der Waals surface area contributed by atoms with Gasteiger partial charge in [-0.3, -0.25) is 9.69 Å². The quantitative estimate of drug-likeness (QED) is 0.618. The molecule has 94 valence electrons. The molecule has 0 aliphatic carbocycles. The first-order valence-corrected chi connectivity index (χ1v) is 5.88. The van der Waals surface area contributed by atoms with Crippen LogP contribution in [0.5, 0.6) is 0 Å². The first-order valence-electron chi connectivity index (χ1n) is 5.88. The Kier molecular flexibility index (Phi) is 6.37. The molecule has 0 spiro atoms. The summed E-state index contributed by atoms with van der Waals surface area (Å²) < 4.78 is 5.28. The molecule has 1 aliphatic heterocycles. The summed E-state index contributed by atoms with van der Waals surface area (Å²) in [6.45, 7) is 3.25. The molecule has 0 radical (unpaired) electrons. The number of carboxylic acids is 1. The topological polar surface area (TPSA) is 70.0 Å². The largest absolute Gasteiger partial charge is 0.481 e. The number of morpholine rings is 1. The third-order valence-corrected chi connectivity index (χ3v) is 2.90. The van der Waals surface area contributed by atoms with Gasteiger partial charge in [0.25, 0.3) is 0 Å². The van der Waals surface area contributed by atoms with Crippen LogP contribution in [-0.2, 0) is 9.53 Å². The van der Waals surface area contributed by atoms with Gasteiger partial charge in [0.15, 0.2) is 0 Å². The average Bonchev–Trinajstić information content (AvgIpc) is 2.29. The van der Waals surface area contributed by atoms with Crippen molar-refractivity contribution < 1.29 is 19.7 Å². The molecule has 1 fully saturated rings. The minimum atomic E-state index is -0.723. The van der Waals surface area contributed by atoms with E-state index in [1.54, 1.807) is 0 Å². The predicted octanol–water partition coefficient (Wildman–Crippen LogP) is 0.324. The highest BCUT2D eigenvalue weighted by molar-refractivity contribution is 5.66. The van der Waals surface area contributed by atoms with Crippen molar-refractivity contribution in [2.75, 3.05) is 32.9 Å². The van der Waals surface area contributed by atoms with E-state index >= 15 is 0 Å². The summed E-state index contributed by atoms with van der Waals surface area (Å²) in [5.41, 5.74) is 0. The summed E-state index contributed by atoms with van der Waals surface area (Å²) in [6.07, 6.45) is 2.92. The third kappa shape index (κ3) is 4.92. The SMILES string of the molecule is O=C(O)CCCCCN1CCOCC1CO. The van der Waals surface area contributed by atoms with E-state index in [9.17, 15) is 4.79 Å². The third-order valence-electron chi connectivity index (χ3n) is 2.90. The molecule has 0 amide bonds. The zero-order valence-corrected chi connectivity index (χ0v) is 9.60. The zero-order valence-electron chi connectivity index (χ0n) is 9.60. The lowest BCUT2D eigenvalue weighted by Gasteiger charge is -2.34. The van der Waals surface area contributed by atoms with Crippen molar-refractivity contribution in [2.24, 2.45) is 0 Å². The first-order chi connectivity index (χ1) is 7.74. The number of rotatable bonds is 7.